The Morgan fingerprint density at radius 3 is 2.68 bits per heavy atom. The van der Waals surface area contributed by atoms with Gasteiger partial charge in [-0.1, -0.05) is 64.1 Å². The van der Waals surface area contributed by atoms with E-state index in [0.29, 0.717) is 10.9 Å². The summed E-state index contributed by atoms with van der Waals surface area (Å²) in [6.45, 7) is 0. The van der Waals surface area contributed by atoms with E-state index in [-0.39, 0.29) is 18.2 Å². The van der Waals surface area contributed by atoms with Crippen molar-refractivity contribution in [3.63, 3.8) is 0 Å². The molecule has 3 rings (SSSR count). The largest absolute Gasteiger partial charge is 0.326 e. The number of nitrogens with one attached hydrogen (secondary N) is 2. The van der Waals surface area contributed by atoms with E-state index in [4.69, 9.17) is 0 Å². The minimum atomic E-state index is -0.524. The molecule has 0 saturated carbocycles. The molecule has 1 unspecified atom stereocenters. The van der Waals surface area contributed by atoms with Crippen LogP contribution in [0.5, 0.6) is 0 Å². The normalized spacial score (nSPS) is 18.1. The first-order valence-corrected chi connectivity index (χ1v) is 10.1. The Kier molecular flexibility index (Phi) is 7.16. The molecular formula is C20H17BrN4O2S. The number of nitrogens with zero attached hydrogens (tertiary/aromatic N) is 2. The summed E-state index contributed by atoms with van der Waals surface area (Å²) in [6.07, 6.45) is 5.27. The lowest BCUT2D eigenvalue weighted by Crippen LogP contribution is -2.28. The smallest absolute Gasteiger partial charge is 0.240 e. The number of carbonyl (C=O) groups is 2. The first kappa shape index (κ1) is 20.0. The summed E-state index contributed by atoms with van der Waals surface area (Å²) >= 11 is 4.54. The summed E-state index contributed by atoms with van der Waals surface area (Å²) in [4.78, 5) is 24.2. The number of rotatable bonds is 6. The number of amidine groups is 1. The Labute approximate surface area is 175 Å². The van der Waals surface area contributed by atoms with Crippen LogP contribution in [-0.2, 0) is 9.59 Å². The number of allylic oxidation sites excluding steroid dienone is 1. The van der Waals surface area contributed by atoms with Crippen molar-refractivity contribution in [1.82, 2.24) is 5.32 Å². The van der Waals surface area contributed by atoms with Crippen molar-refractivity contribution in [2.45, 2.75) is 11.7 Å². The number of thioether (sulfide) groups is 1. The van der Waals surface area contributed by atoms with E-state index in [2.05, 4.69) is 36.8 Å². The van der Waals surface area contributed by atoms with Crippen LogP contribution in [0.15, 0.2) is 75.3 Å². The summed E-state index contributed by atoms with van der Waals surface area (Å²) in [6, 6.07) is 17.1. The number of carbonyl (C=O) groups excluding carboxylic acids is 2. The Hall–Kier alpha value is -2.71. The van der Waals surface area contributed by atoms with Crippen LogP contribution in [-0.4, -0.2) is 28.4 Å². The molecule has 28 heavy (non-hydrogen) atoms. The van der Waals surface area contributed by atoms with Crippen molar-refractivity contribution in [2.75, 3.05) is 5.32 Å². The predicted octanol–water partition coefficient (Wildman–Crippen LogP) is 4.06. The maximum Gasteiger partial charge on any atom is 0.240 e. The molecule has 0 bridgehead atoms. The molecular weight excluding hydrogens is 440 g/mol. The fourth-order valence-electron chi connectivity index (χ4n) is 2.34. The fourth-order valence-corrected chi connectivity index (χ4v) is 3.53. The lowest BCUT2D eigenvalue weighted by Gasteiger charge is -2.07. The van der Waals surface area contributed by atoms with Gasteiger partial charge in [0.1, 0.15) is 5.25 Å². The van der Waals surface area contributed by atoms with Crippen LogP contribution < -0.4 is 10.6 Å². The Balaban J connectivity index is 1.49. The predicted molar refractivity (Wildman–Crippen MR) is 118 cm³/mol. The zero-order chi connectivity index (χ0) is 19.8. The van der Waals surface area contributed by atoms with Crippen LogP contribution in [0.3, 0.4) is 0 Å². The first-order chi connectivity index (χ1) is 13.6. The molecule has 0 aliphatic carbocycles. The summed E-state index contributed by atoms with van der Waals surface area (Å²) < 4.78 is 0.927. The summed E-state index contributed by atoms with van der Waals surface area (Å²) in [5.41, 5.74) is 1.74. The second kappa shape index (κ2) is 10.0. The summed E-state index contributed by atoms with van der Waals surface area (Å²) in [5.74, 6) is -0.477. The number of benzene rings is 2. The lowest BCUT2D eigenvalue weighted by molar-refractivity contribution is -0.122. The van der Waals surface area contributed by atoms with Gasteiger partial charge in [-0.05, 0) is 35.9 Å². The molecule has 6 nitrogen and oxygen atoms in total. The minimum Gasteiger partial charge on any atom is -0.326 e. The quantitative estimate of drug-likeness (QED) is 0.507. The molecule has 0 spiro atoms. The standard InChI is InChI=1S/C20H17BrN4O2S/c21-15-8-10-16(11-9-15)23-18(26)13-17-19(27)24-20(28-17)25-22-12-4-7-14-5-2-1-3-6-14/h1-12,17H,13H2,(H,23,26)(H,24,25,27)/b7-4+,22-12+. The molecule has 1 saturated heterocycles. The van der Waals surface area contributed by atoms with Crippen molar-refractivity contribution in [2.24, 2.45) is 10.2 Å². The zero-order valence-corrected chi connectivity index (χ0v) is 17.1. The maximum atomic E-state index is 12.1. The number of anilines is 1. The van der Waals surface area contributed by atoms with Gasteiger partial charge in [-0.25, -0.2) is 0 Å². The first-order valence-electron chi connectivity index (χ1n) is 8.46. The Morgan fingerprint density at radius 2 is 1.93 bits per heavy atom. The molecule has 142 valence electrons. The second-order valence-corrected chi connectivity index (χ2v) is 7.90. The third-order valence-corrected chi connectivity index (χ3v) is 5.27. The molecule has 2 N–H and O–H groups in total. The van der Waals surface area contributed by atoms with Gasteiger partial charge in [-0.2, -0.15) is 5.10 Å². The number of hydrogen-bond acceptors (Lipinski definition) is 5. The highest BCUT2D eigenvalue weighted by molar-refractivity contribution is 9.10. The minimum absolute atomic E-state index is 0.0587. The van der Waals surface area contributed by atoms with Gasteiger partial charge in [0.25, 0.3) is 0 Å². The molecule has 0 radical (unpaired) electrons. The molecule has 2 amide bonds. The molecule has 1 aliphatic heterocycles. The van der Waals surface area contributed by atoms with Crippen LogP contribution in [0.1, 0.15) is 12.0 Å². The van der Waals surface area contributed by atoms with Crippen LogP contribution in [0, 0.1) is 0 Å². The highest BCUT2D eigenvalue weighted by Gasteiger charge is 2.32. The van der Waals surface area contributed by atoms with Crippen LogP contribution in [0.4, 0.5) is 5.69 Å². The van der Waals surface area contributed by atoms with Crippen molar-refractivity contribution in [1.29, 1.82) is 0 Å². The van der Waals surface area contributed by atoms with E-state index < -0.39 is 5.25 Å². The molecule has 1 atom stereocenters. The molecule has 1 heterocycles. The van der Waals surface area contributed by atoms with Gasteiger partial charge in [0.15, 0.2) is 5.17 Å². The van der Waals surface area contributed by atoms with E-state index in [1.807, 2.05) is 48.5 Å². The highest BCUT2D eigenvalue weighted by atomic mass is 79.9. The van der Waals surface area contributed by atoms with E-state index in [0.717, 1.165) is 10.0 Å². The van der Waals surface area contributed by atoms with Gasteiger partial charge in [0.2, 0.25) is 11.8 Å². The zero-order valence-electron chi connectivity index (χ0n) is 14.7. The average Bonchev–Trinajstić information content (AvgIpc) is 3.03. The molecule has 2 aromatic rings. The van der Waals surface area contributed by atoms with Crippen molar-refractivity contribution < 1.29 is 9.59 Å². The SMILES string of the molecule is O=C(CC1S/C(=N/N=C/C=C/c2ccccc2)NC1=O)Nc1ccc(Br)cc1. The monoisotopic (exact) mass is 456 g/mol. The van der Waals surface area contributed by atoms with Gasteiger partial charge < -0.3 is 10.6 Å². The Bertz CT molecular complexity index is 927. The van der Waals surface area contributed by atoms with Crippen molar-refractivity contribution >= 4 is 62.7 Å². The molecule has 0 aromatic heterocycles. The molecule has 2 aromatic carbocycles. The fraction of sp³-hybridized carbons (Fsp3) is 0.100. The van der Waals surface area contributed by atoms with Gasteiger partial charge in [-0.15, -0.1) is 5.10 Å². The average molecular weight is 457 g/mol. The number of hydrogen-bond donors (Lipinski definition) is 2. The molecule has 1 fully saturated rings. The number of amides is 2. The molecule has 1 aliphatic rings. The van der Waals surface area contributed by atoms with Crippen LogP contribution >= 0.6 is 27.7 Å². The van der Waals surface area contributed by atoms with Crippen LogP contribution in [0.2, 0.25) is 0 Å². The summed E-state index contributed by atoms with van der Waals surface area (Å²) in [7, 11) is 0. The maximum absolute atomic E-state index is 12.1. The molecule has 8 heteroatoms. The third-order valence-electron chi connectivity index (χ3n) is 3.66. The van der Waals surface area contributed by atoms with Gasteiger partial charge in [0, 0.05) is 22.8 Å². The highest BCUT2D eigenvalue weighted by Crippen LogP contribution is 2.23. The lowest BCUT2D eigenvalue weighted by atomic mass is 10.2. The van der Waals surface area contributed by atoms with Crippen LogP contribution in [0.25, 0.3) is 6.08 Å². The van der Waals surface area contributed by atoms with Gasteiger partial charge >= 0.3 is 0 Å². The van der Waals surface area contributed by atoms with Gasteiger partial charge in [-0.3, -0.25) is 9.59 Å². The van der Waals surface area contributed by atoms with E-state index in [1.54, 1.807) is 24.4 Å². The van der Waals surface area contributed by atoms with Crippen molar-refractivity contribution in [3.8, 4) is 0 Å². The van der Waals surface area contributed by atoms with E-state index in [9.17, 15) is 9.59 Å². The topological polar surface area (TPSA) is 82.9 Å². The summed E-state index contributed by atoms with van der Waals surface area (Å²) in [5, 5.41) is 13.2. The Morgan fingerprint density at radius 1 is 1.18 bits per heavy atom. The third kappa shape index (κ3) is 6.17. The van der Waals surface area contributed by atoms with Gasteiger partial charge in [0.05, 0.1) is 0 Å². The van der Waals surface area contributed by atoms with E-state index in [1.165, 1.54) is 11.8 Å². The van der Waals surface area contributed by atoms with E-state index >= 15 is 0 Å². The van der Waals surface area contributed by atoms with Crippen molar-refractivity contribution in [3.05, 3.63) is 70.7 Å². The second-order valence-electron chi connectivity index (χ2n) is 5.79. The number of halogens is 1.